The number of hydrogen-bond donors (Lipinski definition) is 4. The molecule has 0 unspecified atom stereocenters. The Morgan fingerprint density at radius 1 is 0.846 bits per heavy atom. The van der Waals surface area contributed by atoms with E-state index in [0.29, 0.717) is 17.6 Å². The first-order valence-corrected chi connectivity index (χ1v) is 9.24. The largest absolute Gasteiger partial charge is 0.507 e. The van der Waals surface area contributed by atoms with Gasteiger partial charge in [0.25, 0.3) is 5.56 Å². The number of nitrogens with one attached hydrogen (secondary N) is 3. The molecule has 26 heavy (non-hydrogen) atoms. The third kappa shape index (κ3) is 3.49. The fraction of sp³-hybridized carbons (Fsp3) is 0.286. The smallest absolute Gasteiger partial charge is 0.261 e. The number of quaternary nitrogens is 2. The average Bonchev–Trinajstić information content (AvgIpc) is 2.67. The highest BCUT2D eigenvalue weighted by Crippen LogP contribution is 2.23. The monoisotopic (exact) mass is 351 g/mol. The van der Waals surface area contributed by atoms with Crippen molar-refractivity contribution in [2.24, 2.45) is 0 Å². The molecule has 1 aliphatic heterocycles. The lowest BCUT2D eigenvalue weighted by Gasteiger charge is -2.29. The van der Waals surface area contributed by atoms with Gasteiger partial charge in [-0.2, -0.15) is 0 Å². The van der Waals surface area contributed by atoms with Gasteiger partial charge < -0.3 is 19.9 Å². The molecule has 5 heteroatoms. The number of rotatable bonds is 4. The van der Waals surface area contributed by atoms with Crippen LogP contribution in [0.3, 0.4) is 0 Å². The molecule has 0 radical (unpaired) electrons. The van der Waals surface area contributed by atoms with Gasteiger partial charge in [0, 0.05) is 10.9 Å². The number of H-pyrrole nitrogens is 1. The van der Waals surface area contributed by atoms with Crippen LogP contribution in [0.5, 0.6) is 5.75 Å². The summed E-state index contributed by atoms with van der Waals surface area (Å²) in [5.41, 5.74) is 2.39. The molecule has 0 aliphatic carbocycles. The maximum absolute atomic E-state index is 12.4. The molecule has 0 amide bonds. The molecule has 2 aromatic carbocycles. The lowest BCUT2D eigenvalue weighted by molar-refractivity contribution is -1.02. The van der Waals surface area contributed by atoms with Crippen molar-refractivity contribution < 1.29 is 14.9 Å². The van der Waals surface area contributed by atoms with E-state index in [1.54, 1.807) is 4.90 Å². The summed E-state index contributed by atoms with van der Waals surface area (Å²) in [5, 5.41) is 11.3. The van der Waals surface area contributed by atoms with Gasteiger partial charge in [-0.1, -0.05) is 42.5 Å². The van der Waals surface area contributed by atoms with Gasteiger partial charge in [-0.15, -0.1) is 0 Å². The molecule has 1 aliphatic rings. The Balaban J connectivity index is 1.43. The van der Waals surface area contributed by atoms with Crippen LogP contribution in [0, 0.1) is 0 Å². The number of aromatic nitrogens is 1. The summed E-state index contributed by atoms with van der Waals surface area (Å²) in [6.45, 7) is 5.80. The first-order chi connectivity index (χ1) is 12.7. The Hall–Kier alpha value is -2.63. The van der Waals surface area contributed by atoms with E-state index in [9.17, 15) is 9.90 Å². The topological polar surface area (TPSA) is 62.0 Å². The SMILES string of the molecule is O=c1[nH]c2ccccc2c(O)c1C[NH+]1CC[NH+](Cc2ccccc2)CC1. The Kier molecular flexibility index (Phi) is 4.73. The summed E-state index contributed by atoms with van der Waals surface area (Å²) in [6.07, 6.45) is 0. The van der Waals surface area contributed by atoms with Gasteiger partial charge in [-0.25, -0.2) is 0 Å². The third-order valence-corrected chi connectivity index (χ3v) is 5.38. The highest BCUT2D eigenvalue weighted by Gasteiger charge is 2.25. The van der Waals surface area contributed by atoms with Crippen molar-refractivity contribution in [3.8, 4) is 5.75 Å². The molecule has 4 N–H and O–H groups in total. The number of fused-ring (bicyclic) bond motifs is 1. The first-order valence-electron chi connectivity index (χ1n) is 9.24. The van der Waals surface area contributed by atoms with Crippen molar-refractivity contribution in [2.75, 3.05) is 26.2 Å². The molecular weight excluding hydrogens is 326 g/mol. The van der Waals surface area contributed by atoms with E-state index >= 15 is 0 Å². The fourth-order valence-electron chi connectivity index (χ4n) is 3.88. The minimum Gasteiger partial charge on any atom is -0.507 e. The fourth-order valence-corrected chi connectivity index (χ4v) is 3.88. The summed E-state index contributed by atoms with van der Waals surface area (Å²) in [5.74, 6) is 0.135. The van der Waals surface area contributed by atoms with Gasteiger partial charge in [0.05, 0.1) is 5.52 Å². The van der Waals surface area contributed by atoms with Crippen molar-refractivity contribution in [2.45, 2.75) is 13.1 Å². The van der Waals surface area contributed by atoms with E-state index in [-0.39, 0.29) is 11.3 Å². The predicted octanol–water partition coefficient (Wildman–Crippen LogP) is -0.283. The minimum atomic E-state index is -0.173. The van der Waals surface area contributed by atoms with E-state index in [1.807, 2.05) is 24.3 Å². The van der Waals surface area contributed by atoms with E-state index in [4.69, 9.17) is 0 Å². The Labute approximate surface area is 152 Å². The van der Waals surface area contributed by atoms with Crippen LogP contribution in [-0.2, 0) is 13.1 Å². The van der Waals surface area contributed by atoms with Crippen molar-refractivity contribution >= 4 is 10.9 Å². The van der Waals surface area contributed by atoms with Gasteiger partial charge in [-0.3, -0.25) is 4.79 Å². The van der Waals surface area contributed by atoms with Crippen LogP contribution < -0.4 is 15.4 Å². The first kappa shape index (κ1) is 16.8. The zero-order chi connectivity index (χ0) is 17.9. The third-order valence-electron chi connectivity index (χ3n) is 5.38. The van der Waals surface area contributed by atoms with Crippen LogP contribution in [-0.4, -0.2) is 36.3 Å². The molecule has 1 aromatic heterocycles. The van der Waals surface area contributed by atoms with Crippen LogP contribution in [0.25, 0.3) is 10.9 Å². The molecule has 2 heterocycles. The van der Waals surface area contributed by atoms with E-state index < -0.39 is 0 Å². The highest BCUT2D eigenvalue weighted by atomic mass is 16.3. The molecule has 0 saturated carbocycles. The molecule has 0 bridgehead atoms. The van der Waals surface area contributed by atoms with E-state index in [1.165, 1.54) is 10.5 Å². The van der Waals surface area contributed by atoms with Gasteiger partial charge in [0.2, 0.25) is 0 Å². The zero-order valence-corrected chi connectivity index (χ0v) is 14.8. The maximum atomic E-state index is 12.4. The molecule has 0 spiro atoms. The normalized spacial score (nSPS) is 20.3. The van der Waals surface area contributed by atoms with Gasteiger partial charge in [0.1, 0.15) is 50.6 Å². The second kappa shape index (κ2) is 7.32. The molecule has 1 fully saturated rings. The second-order valence-corrected chi connectivity index (χ2v) is 7.17. The van der Waals surface area contributed by atoms with Crippen LogP contribution in [0.15, 0.2) is 59.4 Å². The number of hydrogen-bond acceptors (Lipinski definition) is 2. The molecule has 4 rings (SSSR count). The highest BCUT2D eigenvalue weighted by molar-refractivity contribution is 5.85. The molecule has 1 saturated heterocycles. The number of aromatic hydroxyl groups is 1. The van der Waals surface area contributed by atoms with E-state index in [0.717, 1.165) is 38.1 Å². The molecule has 134 valence electrons. The van der Waals surface area contributed by atoms with Crippen molar-refractivity contribution in [1.82, 2.24) is 4.98 Å². The standard InChI is InChI=1S/C21H23N3O2/c25-20-17-8-4-5-9-19(17)22-21(26)18(20)15-24-12-10-23(11-13-24)14-16-6-2-1-3-7-16/h1-9H,10-15H2,(H2,22,25,26)/p+2. The Bertz CT molecular complexity index is 944. The van der Waals surface area contributed by atoms with Crippen LogP contribution >= 0.6 is 0 Å². The Morgan fingerprint density at radius 2 is 1.46 bits per heavy atom. The maximum Gasteiger partial charge on any atom is 0.261 e. The van der Waals surface area contributed by atoms with Gasteiger partial charge in [0.15, 0.2) is 0 Å². The summed E-state index contributed by atoms with van der Waals surface area (Å²) in [4.78, 5) is 18.2. The second-order valence-electron chi connectivity index (χ2n) is 7.17. The van der Waals surface area contributed by atoms with E-state index in [2.05, 4.69) is 35.3 Å². The van der Waals surface area contributed by atoms with Crippen LogP contribution in [0.4, 0.5) is 0 Å². The lowest BCUT2D eigenvalue weighted by Crippen LogP contribution is -3.27. The van der Waals surface area contributed by atoms with Crippen LogP contribution in [0.1, 0.15) is 11.1 Å². The van der Waals surface area contributed by atoms with Gasteiger partial charge in [-0.05, 0) is 12.1 Å². The minimum absolute atomic E-state index is 0.135. The molecule has 3 aromatic rings. The average molecular weight is 351 g/mol. The summed E-state index contributed by atoms with van der Waals surface area (Å²) in [7, 11) is 0. The number of benzene rings is 2. The summed E-state index contributed by atoms with van der Waals surface area (Å²) >= 11 is 0. The quantitative estimate of drug-likeness (QED) is 0.522. The number of pyridine rings is 1. The predicted molar refractivity (Wildman–Crippen MR) is 101 cm³/mol. The number of para-hydroxylation sites is 1. The Morgan fingerprint density at radius 3 is 2.19 bits per heavy atom. The molecular formula is C21H25N3O2+2. The van der Waals surface area contributed by atoms with Crippen molar-refractivity contribution in [3.63, 3.8) is 0 Å². The summed E-state index contributed by atoms with van der Waals surface area (Å²) in [6, 6.07) is 18.0. The lowest BCUT2D eigenvalue weighted by atomic mass is 10.1. The molecule has 5 nitrogen and oxygen atoms in total. The number of aromatic amines is 1. The van der Waals surface area contributed by atoms with Crippen LogP contribution in [0.2, 0.25) is 0 Å². The van der Waals surface area contributed by atoms with Crippen molar-refractivity contribution in [1.29, 1.82) is 0 Å². The molecule has 0 atom stereocenters. The number of piperazine rings is 1. The summed E-state index contributed by atoms with van der Waals surface area (Å²) < 4.78 is 0. The van der Waals surface area contributed by atoms with Gasteiger partial charge >= 0.3 is 0 Å². The zero-order valence-electron chi connectivity index (χ0n) is 14.8. The van der Waals surface area contributed by atoms with Crippen molar-refractivity contribution in [3.05, 3.63) is 76.1 Å².